The Balaban J connectivity index is 3.26. The average molecular weight is 352 g/mol. The van der Waals surface area contributed by atoms with Crippen LogP contribution in [0, 0.1) is 29.1 Å². The molecule has 1 aromatic rings. The van der Waals surface area contributed by atoms with Gasteiger partial charge in [-0.15, -0.1) is 0 Å². The van der Waals surface area contributed by atoms with Gasteiger partial charge >= 0.3 is 5.92 Å². The Labute approximate surface area is 123 Å². The third-order valence-electron chi connectivity index (χ3n) is 3.00. The summed E-state index contributed by atoms with van der Waals surface area (Å²) in [5.74, 6) is -17.0. The summed E-state index contributed by atoms with van der Waals surface area (Å²) in [7, 11) is -3.50. The van der Waals surface area contributed by atoms with Crippen molar-refractivity contribution >= 4 is 13.2 Å². The first-order valence-electron chi connectivity index (χ1n) is 6.48. The Morgan fingerprint density at radius 1 is 0.727 bits per heavy atom. The zero-order chi connectivity index (χ0) is 17.1. The van der Waals surface area contributed by atoms with Gasteiger partial charge in [-0.3, -0.25) is 0 Å². The quantitative estimate of drug-likeness (QED) is 0.206. The average Bonchev–Trinajstić information content (AvgIpc) is 2.44. The zero-order valence-corrected chi connectivity index (χ0v) is 12.4. The van der Waals surface area contributed by atoms with Crippen LogP contribution >= 0.6 is 7.92 Å². The van der Waals surface area contributed by atoms with Crippen molar-refractivity contribution in [2.45, 2.75) is 38.5 Å². The molecule has 0 aliphatic carbocycles. The summed E-state index contributed by atoms with van der Waals surface area (Å²) in [4.78, 5) is 0. The number of hydrogen-bond donors (Lipinski definition) is 0. The number of halogens is 8. The Hall–Kier alpha value is -0.910. The SMILES string of the molecule is CCCCCCP(c1c(F)c(F)c(F)c(F)c1F)C(F)(F)F. The van der Waals surface area contributed by atoms with Gasteiger partial charge in [0.1, 0.15) is 0 Å². The van der Waals surface area contributed by atoms with E-state index < -0.39 is 54.4 Å². The number of rotatable bonds is 6. The van der Waals surface area contributed by atoms with Crippen LogP contribution in [0.3, 0.4) is 0 Å². The molecule has 0 amide bonds. The van der Waals surface area contributed by atoms with Crippen LogP contribution in [0.2, 0.25) is 0 Å². The number of alkyl halides is 3. The highest BCUT2D eigenvalue weighted by Gasteiger charge is 2.45. The van der Waals surface area contributed by atoms with Crippen molar-refractivity contribution in [1.29, 1.82) is 0 Å². The van der Waals surface area contributed by atoms with Crippen molar-refractivity contribution in [2.75, 3.05) is 6.16 Å². The predicted molar refractivity (Wildman–Crippen MR) is 67.9 cm³/mol. The maximum atomic E-state index is 13.6. The third-order valence-corrected chi connectivity index (χ3v) is 5.31. The van der Waals surface area contributed by atoms with E-state index in [1.54, 1.807) is 0 Å². The molecule has 0 aliphatic heterocycles. The standard InChI is InChI=1S/C13H13F8P/c1-2-3-4-5-6-22(13(19,20)21)12-10(17)8(15)7(14)9(16)11(12)18/h2-6H2,1H3. The molecule has 0 spiro atoms. The summed E-state index contributed by atoms with van der Waals surface area (Å²) >= 11 is 0. The zero-order valence-electron chi connectivity index (χ0n) is 11.5. The van der Waals surface area contributed by atoms with Gasteiger partial charge in [0, 0.05) is 7.92 Å². The van der Waals surface area contributed by atoms with Crippen molar-refractivity contribution in [3.8, 4) is 0 Å². The fourth-order valence-corrected chi connectivity index (χ4v) is 3.83. The van der Waals surface area contributed by atoms with Crippen LogP contribution < -0.4 is 5.30 Å². The van der Waals surface area contributed by atoms with E-state index in [0.717, 1.165) is 6.42 Å². The molecular formula is C13H13F8P. The van der Waals surface area contributed by atoms with Gasteiger partial charge in [-0.2, -0.15) is 13.2 Å². The van der Waals surface area contributed by atoms with E-state index in [1.807, 2.05) is 6.92 Å². The lowest BCUT2D eigenvalue weighted by Crippen LogP contribution is -2.26. The summed E-state index contributed by atoms with van der Waals surface area (Å²) in [6.07, 6.45) is 1.07. The van der Waals surface area contributed by atoms with E-state index in [-0.39, 0.29) is 6.42 Å². The topological polar surface area (TPSA) is 0 Å². The Morgan fingerprint density at radius 2 is 1.18 bits per heavy atom. The first kappa shape index (κ1) is 19.1. The second kappa shape index (κ2) is 7.57. The van der Waals surface area contributed by atoms with Gasteiger partial charge < -0.3 is 0 Å². The molecule has 0 radical (unpaired) electrons. The van der Waals surface area contributed by atoms with Crippen molar-refractivity contribution < 1.29 is 35.1 Å². The number of unbranched alkanes of at least 4 members (excludes halogenated alkanes) is 3. The molecule has 22 heavy (non-hydrogen) atoms. The molecule has 1 unspecified atom stereocenters. The van der Waals surface area contributed by atoms with Gasteiger partial charge in [0.2, 0.25) is 5.82 Å². The summed E-state index contributed by atoms with van der Waals surface area (Å²) in [5, 5.41) is -1.74. The maximum Gasteiger partial charge on any atom is 0.409 e. The monoisotopic (exact) mass is 352 g/mol. The lowest BCUT2D eigenvalue weighted by Gasteiger charge is -2.22. The van der Waals surface area contributed by atoms with Crippen molar-refractivity contribution in [3.05, 3.63) is 29.1 Å². The first-order chi connectivity index (χ1) is 10.1. The molecule has 0 saturated carbocycles. The van der Waals surface area contributed by atoms with Crippen LogP contribution in [0.15, 0.2) is 0 Å². The largest absolute Gasteiger partial charge is 0.409 e. The normalized spacial score (nSPS) is 13.5. The summed E-state index contributed by atoms with van der Waals surface area (Å²) < 4.78 is 105. The van der Waals surface area contributed by atoms with Crippen molar-refractivity contribution in [1.82, 2.24) is 0 Å². The lowest BCUT2D eigenvalue weighted by atomic mass is 10.2. The molecule has 0 saturated heterocycles. The highest BCUT2D eigenvalue weighted by molar-refractivity contribution is 7.66. The van der Waals surface area contributed by atoms with Crippen LogP contribution in [0.5, 0.6) is 0 Å². The van der Waals surface area contributed by atoms with E-state index in [1.165, 1.54) is 0 Å². The number of hydrogen-bond acceptors (Lipinski definition) is 0. The van der Waals surface area contributed by atoms with Crippen LogP contribution in [-0.2, 0) is 0 Å². The highest BCUT2D eigenvalue weighted by atomic mass is 31.1. The molecule has 0 fully saturated rings. The van der Waals surface area contributed by atoms with Crippen molar-refractivity contribution in [3.63, 3.8) is 0 Å². The summed E-state index contributed by atoms with van der Waals surface area (Å²) in [6, 6.07) is 0. The predicted octanol–water partition coefficient (Wildman–Crippen LogP) is 5.59. The molecule has 0 heterocycles. The van der Waals surface area contributed by atoms with Gasteiger partial charge in [-0.25, -0.2) is 22.0 Å². The molecule has 0 N–H and O–H groups in total. The third kappa shape index (κ3) is 4.09. The van der Waals surface area contributed by atoms with Crippen LogP contribution in [0.1, 0.15) is 32.6 Å². The van der Waals surface area contributed by atoms with E-state index >= 15 is 0 Å². The fourth-order valence-electron chi connectivity index (χ4n) is 1.89. The molecule has 126 valence electrons. The maximum absolute atomic E-state index is 13.6. The second-order valence-corrected chi connectivity index (χ2v) is 6.86. The molecule has 1 rings (SSSR count). The van der Waals surface area contributed by atoms with E-state index in [2.05, 4.69) is 0 Å². The minimum atomic E-state index is -5.04. The van der Waals surface area contributed by atoms with Gasteiger partial charge in [0.05, 0.1) is 5.30 Å². The first-order valence-corrected chi connectivity index (χ1v) is 8.01. The lowest BCUT2D eigenvalue weighted by molar-refractivity contribution is -0.0392. The molecule has 0 aromatic heterocycles. The molecule has 9 heteroatoms. The van der Waals surface area contributed by atoms with E-state index in [0.29, 0.717) is 12.8 Å². The Kier molecular flexibility index (Phi) is 6.59. The van der Waals surface area contributed by atoms with Gasteiger partial charge in [0.25, 0.3) is 0 Å². The Bertz CT molecular complexity index is 497. The molecular weight excluding hydrogens is 339 g/mol. The van der Waals surface area contributed by atoms with Gasteiger partial charge in [-0.1, -0.05) is 26.2 Å². The van der Waals surface area contributed by atoms with Crippen LogP contribution in [-0.4, -0.2) is 12.1 Å². The van der Waals surface area contributed by atoms with Crippen LogP contribution in [0.25, 0.3) is 0 Å². The smallest absolute Gasteiger partial charge is 0.203 e. The van der Waals surface area contributed by atoms with E-state index in [4.69, 9.17) is 0 Å². The summed E-state index contributed by atoms with van der Waals surface area (Å²) in [5.41, 5.74) is 0. The molecule has 0 nitrogen and oxygen atoms in total. The minimum absolute atomic E-state index is 0.00144. The van der Waals surface area contributed by atoms with Gasteiger partial charge in [0.15, 0.2) is 23.3 Å². The second-order valence-electron chi connectivity index (χ2n) is 4.60. The minimum Gasteiger partial charge on any atom is -0.203 e. The highest BCUT2D eigenvalue weighted by Crippen LogP contribution is 2.54. The summed E-state index contributed by atoms with van der Waals surface area (Å²) in [6.45, 7) is 1.82. The number of benzene rings is 1. The molecule has 1 aromatic carbocycles. The van der Waals surface area contributed by atoms with Gasteiger partial charge in [-0.05, 0) is 12.6 Å². The van der Waals surface area contributed by atoms with Crippen LogP contribution in [0.4, 0.5) is 35.1 Å². The fraction of sp³-hybridized carbons (Fsp3) is 0.538. The van der Waals surface area contributed by atoms with Crippen molar-refractivity contribution in [2.24, 2.45) is 0 Å². The molecule has 0 bridgehead atoms. The van der Waals surface area contributed by atoms with E-state index in [9.17, 15) is 35.1 Å². The molecule has 1 atom stereocenters. The molecule has 0 aliphatic rings. The Morgan fingerprint density at radius 3 is 1.59 bits per heavy atom.